The van der Waals surface area contributed by atoms with Gasteiger partial charge in [0.05, 0.1) is 6.10 Å². The minimum atomic E-state index is 0.240. The van der Waals surface area contributed by atoms with E-state index in [0.717, 1.165) is 5.75 Å². The first kappa shape index (κ1) is 11.4. The maximum absolute atomic E-state index is 5.73. The van der Waals surface area contributed by atoms with Crippen LogP contribution >= 0.6 is 11.8 Å². The van der Waals surface area contributed by atoms with Crippen molar-refractivity contribution in [3.8, 4) is 5.75 Å². The van der Waals surface area contributed by atoms with Gasteiger partial charge in [0.2, 0.25) is 0 Å². The van der Waals surface area contributed by atoms with Gasteiger partial charge in [-0.3, -0.25) is 0 Å². The van der Waals surface area contributed by atoms with Gasteiger partial charge in [-0.2, -0.15) is 0 Å². The second-order valence-electron chi connectivity index (χ2n) is 3.78. The van der Waals surface area contributed by atoms with E-state index >= 15 is 0 Å². The smallest absolute Gasteiger partial charge is 0.133 e. The highest BCUT2D eigenvalue weighted by Gasteiger charge is 2.06. The molecule has 78 valence electrons. The summed E-state index contributed by atoms with van der Waals surface area (Å²) in [6.07, 6.45) is 0.240. The number of hydrogen-bond donors (Lipinski definition) is 0. The molecule has 0 atom stereocenters. The van der Waals surface area contributed by atoms with Crippen molar-refractivity contribution in [1.29, 1.82) is 0 Å². The van der Waals surface area contributed by atoms with Gasteiger partial charge in [0.15, 0.2) is 0 Å². The summed E-state index contributed by atoms with van der Waals surface area (Å²) in [7, 11) is 0. The molecular formula is C12H18OS. The Morgan fingerprint density at radius 1 is 1.07 bits per heavy atom. The average molecular weight is 210 g/mol. The van der Waals surface area contributed by atoms with Crippen LogP contribution in [-0.2, 0) is 0 Å². The topological polar surface area (TPSA) is 9.23 Å². The number of hydrogen-bond acceptors (Lipinski definition) is 2. The Kier molecular flexibility index (Phi) is 4.33. The summed E-state index contributed by atoms with van der Waals surface area (Å²) >= 11 is 1.84. The Bertz CT molecular complexity index is 252. The molecule has 0 N–H and O–H groups in total. The van der Waals surface area contributed by atoms with Crippen LogP contribution in [0.25, 0.3) is 0 Å². The molecule has 14 heavy (non-hydrogen) atoms. The summed E-state index contributed by atoms with van der Waals surface area (Å²) in [4.78, 5) is 1.23. The van der Waals surface area contributed by atoms with Crippen LogP contribution in [0, 0.1) is 0 Å². The van der Waals surface area contributed by atoms with E-state index < -0.39 is 0 Å². The molecule has 0 saturated carbocycles. The van der Waals surface area contributed by atoms with Crippen LogP contribution in [0.3, 0.4) is 0 Å². The molecule has 2 heteroatoms. The standard InChI is InChI=1S/C12H18OS/c1-9(2)13-11-7-5-6-8-12(11)14-10(3)4/h5-10H,1-4H3. The molecule has 0 aliphatic heterocycles. The fourth-order valence-corrected chi connectivity index (χ4v) is 2.05. The normalized spacial score (nSPS) is 11.0. The Morgan fingerprint density at radius 3 is 2.29 bits per heavy atom. The van der Waals surface area contributed by atoms with E-state index in [1.165, 1.54) is 4.90 Å². The zero-order chi connectivity index (χ0) is 10.6. The molecule has 1 rings (SSSR count). The van der Waals surface area contributed by atoms with Crippen molar-refractivity contribution >= 4 is 11.8 Å². The van der Waals surface area contributed by atoms with E-state index in [9.17, 15) is 0 Å². The van der Waals surface area contributed by atoms with Crippen molar-refractivity contribution in [2.45, 2.75) is 43.9 Å². The van der Waals surface area contributed by atoms with Gasteiger partial charge in [-0.05, 0) is 26.0 Å². The highest BCUT2D eigenvalue weighted by Crippen LogP contribution is 2.32. The minimum absolute atomic E-state index is 0.240. The lowest BCUT2D eigenvalue weighted by atomic mass is 10.3. The predicted molar refractivity (Wildman–Crippen MR) is 63.2 cm³/mol. The van der Waals surface area contributed by atoms with Gasteiger partial charge >= 0.3 is 0 Å². The zero-order valence-electron chi connectivity index (χ0n) is 9.28. The molecule has 0 spiro atoms. The average Bonchev–Trinajstić information content (AvgIpc) is 2.06. The van der Waals surface area contributed by atoms with Crippen molar-refractivity contribution in [3.63, 3.8) is 0 Å². The summed E-state index contributed by atoms with van der Waals surface area (Å²) in [6.45, 7) is 8.49. The molecule has 0 heterocycles. The van der Waals surface area contributed by atoms with E-state index in [1.807, 2.05) is 23.9 Å². The molecule has 0 fully saturated rings. The van der Waals surface area contributed by atoms with E-state index in [1.54, 1.807) is 0 Å². The zero-order valence-corrected chi connectivity index (χ0v) is 10.1. The molecular weight excluding hydrogens is 192 g/mol. The molecule has 0 aliphatic carbocycles. The molecule has 1 aromatic rings. The quantitative estimate of drug-likeness (QED) is 0.695. The summed E-state index contributed by atoms with van der Waals surface area (Å²) in [5.74, 6) is 1.00. The van der Waals surface area contributed by atoms with Gasteiger partial charge in [-0.25, -0.2) is 0 Å². The first-order valence-corrected chi connectivity index (χ1v) is 5.90. The van der Waals surface area contributed by atoms with Crippen LogP contribution in [0.4, 0.5) is 0 Å². The van der Waals surface area contributed by atoms with Crippen LogP contribution in [-0.4, -0.2) is 11.4 Å². The van der Waals surface area contributed by atoms with Crippen LogP contribution in [0.1, 0.15) is 27.7 Å². The van der Waals surface area contributed by atoms with Crippen molar-refractivity contribution < 1.29 is 4.74 Å². The minimum Gasteiger partial charge on any atom is -0.490 e. The highest BCUT2D eigenvalue weighted by molar-refractivity contribution is 8.00. The van der Waals surface area contributed by atoms with Gasteiger partial charge in [0.25, 0.3) is 0 Å². The largest absolute Gasteiger partial charge is 0.490 e. The van der Waals surface area contributed by atoms with Crippen molar-refractivity contribution in [3.05, 3.63) is 24.3 Å². The molecule has 0 unspecified atom stereocenters. The Labute approximate surface area is 90.9 Å². The van der Waals surface area contributed by atoms with Crippen LogP contribution in [0.2, 0.25) is 0 Å². The van der Waals surface area contributed by atoms with Crippen molar-refractivity contribution in [2.75, 3.05) is 0 Å². The lowest BCUT2D eigenvalue weighted by Gasteiger charge is -2.14. The van der Waals surface area contributed by atoms with Gasteiger partial charge in [-0.15, -0.1) is 11.8 Å². The van der Waals surface area contributed by atoms with E-state index in [0.29, 0.717) is 5.25 Å². The monoisotopic (exact) mass is 210 g/mol. The maximum atomic E-state index is 5.73. The second kappa shape index (κ2) is 5.30. The van der Waals surface area contributed by atoms with Crippen molar-refractivity contribution in [2.24, 2.45) is 0 Å². The van der Waals surface area contributed by atoms with Gasteiger partial charge in [-0.1, -0.05) is 26.0 Å². The number of thioether (sulfide) groups is 1. The van der Waals surface area contributed by atoms with Crippen LogP contribution < -0.4 is 4.74 Å². The summed E-state index contributed by atoms with van der Waals surface area (Å²) in [5, 5.41) is 0.590. The summed E-state index contributed by atoms with van der Waals surface area (Å²) in [6, 6.07) is 8.22. The second-order valence-corrected chi connectivity index (χ2v) is 5.40. The fourth-order valence-electron chi connectivity index (χ4n) is 1.15. The maximum Gasteiger partial charge on any atom is 0.133 e. The van der Waals surface area contributed by atoms with Gasteiger partial charge in [0.1, 0.15) is 5.75 Å². The predicted octanol–water partition coefficient (Wildman–Crippen LogP) is 3.97. The number of rotatable bonds is 4. The molecule has 0 aromatic heterocycles. The molecule has 0 aliphatic rings. The SMILES string of the molecule is CC(C)Oc1ccccc1SC(C)C. The number of benzene rings is 1. The molecule has 0 amide bonds. The molecule has 0 bridgehead atoms. The summed E-state index contributed by atoms with van der Waals surface area (Å²) < 4.78 is 5.73. The van der Waals surface area contributed by atoms with Gasteiger partial charge in [0, 0.05) is 10.1 Å². The van der Waals surface area contributed by atoms with E-state index in [4.69, 9.17) is 4.74 Å². The van der Waals surface area contributed by atoms with Crippen LogP contribution in [0.15, 0.2) is 29.2 Å². The van der Waals surface area contributed by atoms with Crippen molar-refractivity contribution in [1.82, 2.24) is 0 Å². The molecule has 0 saturated heterocycles. The Hall–Kier alpha value is -0.630. The Morgan fingerprint density at radius 2 is 1.71 bits per heavy atom. The molecule has 1 aromatic carbocycles. The van der Waals surface area contributed by atoms with Gasteiger partial charge < -0.3 is 4.74 Å². The number of ether oxygens (including phenoxy) is 1. The lowest BCUT2D eigenvalue weighted by Crippen LogP contribution is -2.06. The third kappa shape index (κ3) is 3.62. The molecule has 0 radical (unpaired) electrons. The fraction of sp³-hybridized carbons (Fsp3) is 0.500. The third-order valence-corrected chi connectivity index (χ3v) is 2.64. The molecule has 1 nitrogen and oxygen atoms in total. The first-order valence-electron chi connectivity index (χ1n) is 5.02. The van der Waals surface area contributed by atoms with E-state index in [2.05, 4.69) is 39.8 Å². The Balaban J connectivity index is 2.80. The highest BCUT2D eigenvalue weighted by atomic mass is 32.2. The third-order valence-electron chi connectivity index (χ3n) is 1.57. The summed E-state index contributed by atoms with van der Waals surface area (Å²) in [5.41, 5.74) is 0. The first-order chi connectivity index (χ1) is 6.59. The van der Waals surface area contributed by atoms with Crippen LogP contribution in [0.5, 0.6) is 5.75 Å². The number of para-hydroxylation sites is 1. The lowest BCUT2D eigenvalue weighted by molar-refractivity contribution is 0.236. The van der Waals surface area contributed by atoms with E-state index in [-0.39, 0.29) is 6.10 Å².